The molecule has 0 saturated carbocycles. The lowest BCUT2D eigenvalue weighted by Crippen LogP contribution is -2.35. The molecule has 0 radical (unpaired) electrons. The van der Waals surface area contributed by atoms with E-state index in [2.05, 4.69) is 15.8 Å². The number of ether oxygens (including phenoxy) is 1. The highest BCUT2D eigenvalue weighted by atomic mass is 16.5. The van der Waals surface area contributed by atoms with Crippen LogP contribution in [0, 0.1) is 13.8 Å². The van der Waals surface area contributed by atoms with E-state index in [1.165, 1.54) is 7.11 Å². The summed E-state index contributed by atoms with van der Waals surface area (Å²) in [5.41, 5.74) is 1.81. The number of hydrogen-bond donors (Lipinski definition) is 2. The molecule has 122 valence electrons. The van der Waals surface area contributed by atoms with Crippen molar-refractivity contribution in [1.29, 1.82) is 0 Å². The highest BCUT2D eigenvalue weighted by Crippen LogP contribution is 2.18. The molecule has 2 amide bonds. The maximum absolute atomic E-state index is 12.0. The van der Waals surface area contributed by atoms with Crippen molar-refractivity contribution in [3.63, 3.8) is 0 Å². The fourth-order valence-electron chi connectivity index (χ4n) is 2.15. The van der Waals surface area contributed by atoms with Crippen LogP contribution in [0.2, 0.25) is 0 Å². The van der Waals surface area contributed by atoms with Crippen molar-refractivity contribution < 1.29 is 18.8 Å². The Labute approximate surface area is 134 Å². The molecular formula is C16H19N3O4. The van der Waals surface area contributed by atoms with Gasteiger partial charge in [-0.15, -0.1) is 0 Å². The molecule has 1 heterocycles. The minimum absolute atomic E-state index is 0.110. The lowest BCUT2D eigenvalue weighted by atomic mass is 9.97. The van der Waals surface area contributed by atoms with Crippen molar-refractivity contribution in [2.45, 2.75) is 19.8 Å². The summed E-state index contributed by atoms with van der Waals surface area (Å²) in [6.45, 7) is 3.77. The van der Waals surface area contributed by atoms with Crippen LogP contribution < -0.4 is 10.6 Å². The summed E-state index contributed by atoms with van der Waals surface area (Å²) in [6, 6.07) is 8.64. The van der Waals surface area contributed by atoms with Crippen molar-refractivity contribution in [3.8, 4) is 0 Å². The fourth-order valence-corrected chi connectivity index (χ4v) is 2.15. The Bertz CT molecular complexity index is 696. The Kier molecular flexibility index (Phi) is 5.35. The van der Waals surface area contributed by atoms with E-state index in [9.17, 15) is 9.59 Å². The number of hydrogen-bond acceptors (Lipinski definition) is 5. The van der Waals surface area contributed by atoms with Crippen LogP contribution in [0.5, 0.6) is 0 Å². The molecule has 0 spiro atoms. The van der Waals surface area contributed by atoms with Gasteiger partial charge in [0, 0.05) is 12.6 Å². The quantitative estimate of drug-likeness (QED) is 0.826. The molecule has 0 fully saturated rings. The molecule has 1 aromatic heterocycles. The van der Waals surface area contributed by atoms with E-state index in [0.717, 1.165) is 11.1 Å². The summed E-state index contributed by atoms with van der Waals surface area (Å²) >= 11 is 0. The average molecular weight is 317 g/mol. The predicted molar refractivity (Wildman–Crippen MR) is 84.2 cm³/mol. The fraction of sp³-hybridized carbons (Fsp3) is 0.312. The van der Waals surface area contributed by atoms with Crippen LogP contribution in [0.25, 0.3) is 0 Å². The number of nitrogens with one attached hydrogen (secondary N) is 2. The predicted octanol–water partition coefficient (Wildman–Crippen LogP) is 2.37. The second kappa shape index (κ2) is 7.44. The molecular weight excluding hydrogens is 298 g/mol. The number of esters is 1. The van der Waals surface area contributed by atoms with Gasteiger partial charge in [0.05, 0.1) is 13.0 Å². The second-order valence-corrected chi connectivity index (χ2v) is 5.15. The zero-order chi connectivity index (χ0) is 16.8. The summed E-state index contributed by atoms with van der Waals surface area (Å²) in [6.07, 6.45) is 0. The Balaban J connectivity index is 2.01. The molecule has 7 heteroatoms. The molecule has 1 aromatic carbocycles. The zero-order valence-electron chi connectivity index (χ0n) is 13.3. The molecule has 0 aliphatic rings. The lowest BCUT2D eigenvalue weighted by Gasteiger charge is -2.16. The topological polar surface area (TPSA) is 93.5 Å². The number of methoxy groups -OCH3 is 1. The first-order valence-electron chi connectivity index (χ1n) is 7.12. The van der Waals surface area contributed by atoms with Gasteiger partial charge in [0.25, 0.3) is 0 Å². The summed E-state index contributed by atoms with van der Waals surface area (Å²) < 4.78 is 9.69. The van der Waals surface area contributed by atoms with Gasteiger partial charge in [0.1, 0.15) is 5.76 Å². The van der Waals surface area contributed by atoms with E-state index < -0.39 is 17.9 Å². The monoisotopic (exact) mass is 317 g/mol. The van der Waals surface area contributed by atoms with Crippen molar-refractivity contribution >= 4 is 17.8 Å². The molecule has 7 nitrogen and oxygen atoms in total. The number of carbonyl (C=O) groups excluding carboxylic acids is 2. The zero-order valence-corrected chi connectivity index (χ0v) is 13.3. The normalized spacial score (nSPS) is 11.6. The summed E-state index contributed by atoms with van der Waals surface area (Å²) in [7, 11) is 1.32. The molecule has 23 heavy (non-hydrogen) atoms. The molecule has 0 aliphatic carbocycles. The van der Waals surface area contributed by atoms with Crippen LogP contribution in [-0.4, -0.2) is 30.8 Å². The third-order valence-corrected chi connectivity index (χ3v) is 3.27. The second-order valence-electron chi connectivity index (χ2n) is 5.15. The largest absolute Gasteiger partial charge is 0.468 e. The first kappa shape index (κ1) is 16.5. The van der Waals surface area contributed by atoms with Crippen molar-refractivity contribution in [2.24, 2.45) is 0 Å². The van der Waals surface area contributed by atoms with Crippen LogP contribution in [0.1, 0.15) is 22.8 Å². The SMILES string of the molecule is COC(=O)[C@H](CNC(=O)Nc1cc(C)on1)c1cccc(C)c1. The first-order valence-corrected chi connectivity index (χ1v) is 7.12. The Morgan fingerprint density at radius 1 is 1.30 bits per heavy atom. The van der Waals surface area contributed by atoms with Gasteiger partial charge in [-0.2, -0.15) is 0 Å². The van der Waals surface area contributed by atoms with Crippen molar-refractivity contribution in [3.05, 3.63) is 47.2 Å². The van der Waals surface area contributed by atoms with Gasteiger partial charge < -0.3 is 14.6 Å². The Morgan fingerprint density at radius 3 is 2.70 bits per heavy atom. The number of amides is 2. The van der Waals surface area contributed by atoms with Crippen molar-refractivity contribution in [1.82, 2.24) is 10.5 Å². The van der Waals surface area contributed by atoms with E-state index in [0.29, 0.717) is 11.6 Å². The van der Waals surface area contributed by atoms with Crippen LogP contribution in [0.15, 0.2) is 34.9 Å². The first-order chi connectivity index (χ1) is 11.0. The number of nitrogens with zero attached hydrogens (tertiary/aromatic N) is 1. The molecule has 0 unspecified atom stereocenters. The Morgan fingerprint density at radius 2 is 2.09 bits per heavy atom. The van der Waals surface area contributed by atoms with E-state index in [1.807, 2.05) is 31.2 Å². The number of urea groups is 1. The third-order valence-electron chi connectivity index (χ3n) is 3.27. The van der Waals surface area contributed by atoms with Crippen LogP contribution in [0.3, 0.4) is 0 Å². The van der Waals surface area contributed by atoms with Gasteiger partial charge in [0.15, 0.2) is 5.82 Å². The van der Waals surface area contributed by atoms with Gasteiger partial charge >= 0.3 is 12.0 Å². The molecule has 0 bridgehead atoms. The van der Waals surface area contributed by atoms with Crippen LogP contribution >= 0.6 is 0 Å². The van der Waals surface area contributed by atoms with E-state index in [-0.39, 0.29) is 6.54 Å². The van der Waals surface area contributed by atoms with Crippen LogP contribution in [0.4, 0.5) is 10.6 Å². The van der Waals surface area contributed by atoms with Crippen LogP contribution in [-0.2, 0) is 9.53 Å². The highest BCUT2D eigenvalue weighted by molar-refractivity contribution is 5.89. The number of carbonyl (C=O) groups is 2. The number of aromatic nitrogens is 1. The maximum Gasteiger partial charge on any atom is 0.320 e. The standard InChI is InChI=1S/C16H19N3O4/c1-10-5-4-6-12(7-10)13(15(20)22-3)9-17-16(21)18-14-8-11(2)23-19-14/h4-8,13H,9H2,1-3H3,(H2,17,18,19,21)/t13-/m1/s1. The molecule has 0 aliphatic heterocycles. The van der Waals surface area contributed by atoms with Gasteiger partial charge in [-0.3, -0.25) is 10.1 Å². The van der Waals surface area contributed by atoms with E-state index in [4.69, 9.17) is 9.26 Å². The number of rotatable bonds is 5. The number of benzene rings is 1. The Hall–Kier alpha value is -2.83. The van der Waals surface area contributed by atoms with E-state index in [1.54, 1.807) is 13.0 Å². The molecule has 2 rings (SSSR count). The summed E-state index contributed by atoms with van der Waals surface area (Å²) in [4.78, 5) is 23.9. The van der Waals surface area contributed by atoms with E-state index >= 15 is 0 Å². The molecule has 1 atom stereocenters. The van der Waals surface area contributed by atoms with Gasteiger partial charge in [-0.25, -0.2) is 4.79 Å². The lowest BCUT2D eigenvalue weighted by molar-refractivity contribution is -0.142. The number of aryl methyl sites for hydroxylation is 2. The van der Waals surface area contributed by atoms with Gasteiger partial charge in [0.2, 0.25) is 0 Å². The highest BCUT2D eigenvalue weighted by Gasteiger charge is 2.22. The smallest absolute Gasteiger partial charge is 0.320 e. The maximum atomic E-state index is 12.0. The molecule has 2 N–H and O–H groups in total. The average Bonchev–Trinajstić information content (AvgIpc) is 2.92. The summed E-state index contributed by atoms with van der Waals surface area (Å²) in [5, 5.41) is 8.84. The number of anilines is 1. The third kappa shape index (κ3) is 4.57. The minimum atomic E-state index is -0.579. The van der Waals surface area contributed by atoms with Gasteiger partial charge in [-0.1, -0.05) is 35.0 Å². The minimum Gasteiger partial charge on any atom is -0.468 e. The van der Waals surface area contributed by atoms with Gasteiger partial charge in [-0.05, 0) is 19.4 Å². The summed E-state index contributed by atoms with van der Waals surface area (Å²) in [5.74, 6) is -0.0875. The molecule has 2 aromatic rings. The molecule has 0 saturated heterocycles. The van der Waals surface area contributed by atoms with Crippen molar-refractivity contribution in [2.75, 3.05) is 19.0 Å².